The average molecular weight is 303 g/mol. The first kappa shape index (κ1) is 17.2. The summed E-state index contributed by atoms with van der Waals surface area (Å²) in [6.07, 6.45) is 4.54. The third-order valence-corrected chi connectivity index (χ3v) is 9.35. The second kappa shape index (κ2) is 6.73. The molecule has 0 nitrogen and oxygen atoms in total. The molecular formula is C18H30Si2. The van der Waals surface area contributed by atoms with E-state index in [1.54, 1.807) is 5.20 Å². The summed E-state index contributed by atoms with van der Waals surface area (Å²) in [5, 5.41) is 3.24. The third-order valence-electron chi connectivity index (χ3n) is 3.87. The summed E-state index contributed by atoms with van der Waals surface area (Å²) in [4.78, 5) is 0. The van der Waals surface area contributed by atoms with Crippen LogP contribution >= 0.6 is 0 Å². The predicted octanol–water partition coefficient (Wildman–Crippen LogP) is 5.16. The lowest BCUT2D eigenvalue weighted by Gasteiger charge is -2.30. The van der Waals surface area contributed by atoms with Crippen LogP contribution < -0.4 is 5.19 Å². The SMILES string of the molecule is CC=CC(C)C(=C[Si](C)(C)c1ccccc1)[Si](C)(C)C. The summed E-state index contributed by atoms with van der Waals surface area (Å²) in [5.41, 5.74) is 2.67. The van der Waals surface area contributed by atoms with Crippen LogP contribution in [0.1, 0.15) is 13.8 Å². The Balaban J connectivity index is 3.26. The Kier molecular flexibility index (Phi) is 5.78. The molecule has 1 rings (SSSR count). The van der Waals surface area contributed by atoms with E-state index >= 15 is 0 Å². The van der Waals surface area contributed by atoms with Gasteiger partial charge in [0.25, 0.3) is 0 Å². The molecule has 0 spiro atoms. The van der Waals surface area contributed by atoms with Gasteiger partial charge in [-0.05, 0) is 12.8 Å². The Bertz CT molecular complexity index is 476. The minimum Gasteiger partial charge on any atom is -0.0943 e. The molecule has 110 valence electrons. The molecule has 0 aliphatic heterocycles. The molecule has 2 heteroatoms. The van der Waals surface area contributed by atoms with Crippen LogP contribution in [0.25, 0.3) is 0 Å². The minimum atomic E-state index is -1.51. The highest BCUT2D eigenvalue weighted by Gasteiger charge is 2.28. The van der Waals surface area contributed by atoms with Gasteiger partial charge in [-0.25, -0.2) is 0 Å². The van der Waals surface area contributed by atoms with Crippen molar-refractivity contribution in [2.75, 3.05) is 0 Å². The standard InChI is InChI=1S/C18H30Si2/c1-8-12-16(2)18(19(3,4)5)15-20(6,7)17-13-10-9-11-14-17/h8-16H,1-7H3. The molecular weight excluding hydrogens is 272 g/mol. The fourth-order valence-electron chi connectivity index (χ4n) is 2.76. The van der Waals surface area contributed by atoms with Crippen molar-refractivity contribution in [3.05, 3.63) is 53.4 Å². The van der Waals surface area contributed by atoms with Gasteiger partial charge in [-0.3, -0.25) is 0 Å². The fraction of sp³-hybridized carbons (Fsp3) is 0.444. The molecule has 0 amide bonds. The van der Waals surface area contributed by atoms with E-state index in [0.29, 0.717) is 5.92 Å². The van der Waals surface area contributed by atoms with Gasteiger partial charge >= 0.3 is 0 Å². The molecule has 0 bridgehead atoms. The largest absolute Gasteiger partial charge is 0.103 e. The molecule has 0 fully saturated rings. The van der Waals surface area contributed by atoms with Crippen molar-refractivity contribution in [2.24, 2.45) is 5.92 Å². The van der Waals surface area contributed by atoms with E-state index in [2.05, 4.69) is 94.8 Å². The van der Waals surface area contributed by atoms with Crippen LogP contribution in [-0.2, 0) is 0 Å². The molecule has 1 unspecified atom stereocenters. The van der Waals surface area contributed by atoms with E-state index in [-0.39, 0.29) is 0 Å². The van der Waals surface area contributed by atoms with Gasteiger partial charge in [-0.1, -0.05) is 98.2 Å². The Morgan fingerprint density at radius 3 is 2.00 bits per heavy atom. The molecule has 1 atom stereocenters. The number of hydrogen-bond acceptors (Lipinski definition) is 0. The van der Waals surface area contributed by atoms with Gasteiger partial charge in [0.15, 0.2) is 0 Å². The van der Waals surface area contributed by atoms with Crippen LogP contribution in [0, 0.1) is 5.92 Å². The normalized spacial score (nSPS) is 15.7. The van der Waals surface area contributed by atoms with Crippen LogP contribution in [0.15, 0.2) is 53.4 Å². The molecule has 0 aromatic heterocycles. The van der Waals surface area contributed by atoms with E-state index in [9.17, 15) is 0 Å². The molecule has 1 aromatic carbocycles. The van der Waals surface area contributed by atoms with Crippen LogP contribution in [0.4, 0.5) is 0 Å². The summed E-state index contributed by atoms with van der Waals surface area (Å²) < 4.78 is 0. The van der Waals surface area contributed by atoms with Crippen molar-refractivity contribution in [3.63, 3.8) is 0 Å². The number of hydrogen-bond donors (Lipinski definition) is 0. The Labute approximate surface area is 127 Å². The number of allylic oxidation sites excluding steroid dienone is 3. The highest BCUT2D eigenvalue weighted by molar-refractivity contribution is 6.96. The molecule has 0 aliphatic carbocycles. The quantitative estimate of drug-likeness (QED) is 0.521. The van der Waals surface area contributed by atoms with Gasteiger partial charge in [0.05, 0.1) is 8.07 Å². The van der Waals surface area contributed by atoms with E-state index in [1.165, 1.54) is 5.19 Å². The van der Waals surface area contributed by atoms with Gasteiger partial charge in [0.2, 0.25) is 0 Å². The summed E-state index contributed by atoms with van der Waals surface area (Å²) in [6.45, 7) is 16.8. The lowest BCUT2D eigenvalue weighted by atomic mass is 10.1. The Hall–Kier alpha value is -0.866. The van der Waals surface area contributed by atoms with Crippen LogP contribution in [0.5, 0.6) is 0 Å². The van der Waals surface area contributed by atoms with Crippen molar-refractivity contribution >= 4 is 21.3 Å². The van der Waals surface area contributed by atoms with Gasteiger partial charge in [0, 0.05) is 0 Å². The topological polar surface area (TPSA) is 0 Å². The zero-order valence-corrected chi connectivity index (χ0v) is 16.2. The van der Waals surface area contributed by atoms with Crippen LogP contribution in [-0.4, -0.2) is 16.1 Å². The second-order valence-electron chi connectivity index (χ2n) is 7.25. The Morgan fingerprint density at radius 1 is 1.00 bits per heavy atom. The number of rotatable bonds is 5. The highest BCUT2D eigenvalue weighted by Crippen LogP contribution is 2.26. The maximum Gasteiger partial charge on any atom is 0.103 e. The van der Waals surface area contributed by atoms with Crippen molar-refractivity contribution in [2.45, 2.75) is 46.6 Å². The molecule has 0 saturated carbocycles. The van der Waals surface area contributed by atoms with E-state index in [0.717, 1.165) is 0 Å². The first-order valence-corrected chi connectivity index (χ1v) is 14.2. The van der Waals surface area contributed by atoms with E-state index < -0.39 is 16.1 Å². The van der Waals surface area contributed by atoms with Crippen molar-refractivity contribution < 1.29 is 0 Å². The second-order valence-corrected chi connectivity index (χ2v) is 16.6. The summed E-state index contributed by atoms with van der Waals surface area (Å²) in [7, 11) is -2.79. The van der Waals surface area contributed by atoms with Crippen molar-refractivity contribution in [1.82, 2.24) is 0 Å². The lowest BCUT2D eigenvalue weighted by molar-refractivity contribution is 0.904. The zero-order valence-electron chi connectivity index (χ0n) is 14.2. The molecule has 0 N–H and O–H groups in total. The van der Waals surface area contributed by atoms with E-state index in [1.807, 2.05) is 0 Å². The van der Waals surface area contributed by atoms with Crippen molar-refractivity contribution in [1.29, 1.82) is 0 Å². The average Bonchev–Trinajstić information content (AvgIpc) is 2.36. The molecule has 0 aliphatic rings. The van der Waals surface area contributed by atoms with Gasteiger partial charge in [-0.15, -0.1) is 0 Å². The molecule has 1 aromatic rings. The number of benzene rings is 1. The summed E-state index contributed by atoms with van der Waals surface area (Å²) >= 11 is 0. The van der Waals surface area contributed by atoms with Gasteiger partial charge in [-0.2, -0.15) is 0 Å². The predicted molar refractivity (Wildman–Crippen MR) is 99.0 cm³/mol. The lowest BCUT2D eigenvalue weighted by Crippen LogP contribution is -2.42. The van der Waals surface area contributed by atoms with Crippen LogP contribution in [0.3, 0.4) is 0 Å². The maximum absolute atomic E-state index is 2.67. The highest BCUT2D eigenvalue weighted by atomic mass is 28.3. The monoisotopic (exact) mass is 302 g/mol. The molecule has 0 heterocycles. The molecule has 0 radical (unpaired) electrons. The smallest absolute Gasteiger partial charge is 0.0943 e. The van der Waals surface area contributed by atoms with E-state index in [4.69, 9.17) is 0 Å². The first-order valence-electron chi connectivity index (χ1n) is 7.60. The fourth-order valence-corrected chi connectivity index (χ4v) is 9.30. The Morgan fingerprint density at radius 2 is 1.55 bits per heavy atom. The van der Waals surface area contributed by atoms with Gasteiger partial charge in [0.1, 0.15) is 8.07 Å². The van der Waals surface area contributed by atoms with Crippen LogP contribution in [0.2, 0.25) is 32.7 Å². The molecule has 0 saturated heterocycles. The minimum absolute atomic E-state index is 0.571. The summed E-state index contributed by atoms with van der Waals surface area (Å²) in [5.74, 6) is 0.571. The molecule has 20 heavy (non-hydrogen) atoms. The first-order chi connectivity index (χ1) is 9.18. The maximum atomic E-state index is 2.67. The zero-order chi connectivity index (χ0) is 15.4. The van der Waals surface area contributed by atoms with Gasteiger partial charge < -0.3 is 0 Å². The summed E-state index contributed by atoms with van der Waals surface area (Å²) in [6, 6.07) is 11.0. The van der Waals surface area contributed by atoms with Crippen molar-refractivity contribution in [3.8, 4) is 0 Å². The third kappa shape index (κ3) is 4.60.